The summed E-state index contributed by atoms with van der Waals surface area (Å²) >= 11 is 0. The maximum Gasteiger partial charge on any atom is 0.139 e. The van der Waals surface area contributed by atoms with Crippen LogP contribution in [0.3, 0.4) is 0 Å². The maximum absolute atomic E-state index is 13.0. The van der Waals surface area contributed by atoms with E-state index in [0.29, 0.717) is 0 Å². The molecule has 0 atom stereocenters. The summed E-state index contributed by atoms with van der Waals surface area (Å²) in [7, 11) is 0. The zero-order valence-electron chi connectivity index (χ0n) is 11.4. The number of anilines is 1. The third kappa shape index (κ3) is 2.09. The molecule has 0 bridgehead atoms. The number of para-hydroxylation sites is 1. The third-order valence-corrected chi connectivity index (χ3v) is 3.83. The highest BCUT2D eigenvalue weighted by atomic mass is 19.1. The number of nitrogens with one attached hydrogen (secondary N) is 2. The van der Waals surface area contributed by atoms with E-state index < -0.39 is 0 Å². The van der Waals surface area contributed by atoms with Crippen LogP contribution in [-0.4, -0.2) is 16.5 Å². The normalized spacial score (nSPS) is 13.0. The molecule has 0 radical (unpaired) electrons. The number of rotatable bonds is 2. The van der Waals surface area contributed by atoms with E-state index in [1.54, 1.807) is 18.3 Å². The molecule has 0 saturated heterocycles. The molecule has 21 heavy (non-hydrogen) atoms. The first-order valence-electron chi connectivity index (χ1n) is 6.98. The number of nitrogens with zero attached hydrogens (tertiary/aromatic N) is 1. The lowest BCUT2D eigenvalue weighted by atomic mass is 10.1. The summed E-state index contributed by atoms with van der Waals surface area (Å²) in [5.74, 6) is 0.601. The Morgan fingerprint density at radius 2 is 1.90 bits per heavy atom. The lowest BCUT2D eigenvalue weighted by Gasteiger charge is -2.06. The van der Waals surface area contributed by atoms with Gasteiger partial charge in [-0.1, -0.05) is 12.1 Å². The van der Waals surface area contributed by atoms with Crippen molar-refractivity contribution >= 4 is 5.69 Å². The molecule has 3 aromatic rings. The van der Waals surface area contributed by atoms with E-state index in [4.69, 9.17) is 0 Å². The molecule has 3 nitrogen and oxygen atoms in total. The number of hydrogen-bond donors (Lipinski definition) is 2. The van der Waals surface area contributed by atoms with Gasteiger partial charge in [-0.2, -0.15) is 0 Å². The summed E-state index contributed by atoms with van der Waals surface area (Å²) in [6.07, 6.45) is 2.84. The molecule has 2 aromatic carbocycles. The average molecular weight is 279 g/mol. The Morgan fingerprint density at radius 1 is 1.05 bits per heavy atom. The summed E-state index contributed by atoms with van der Waals surface area (Å²) in [6.45, 7) is 0.970. The van der Waals surface area contributed by atoms with Gasteiger partial charge in [-0.15, -0.1) is 0 Å². The second-order valence-electron chi connectivity index (χ2n) is 5.17. The SMILES string of the molecule is Fc1ccc(-c2cnc(-c3cccc4c3NCC4)[nH]2)cc1. The van der Waals surface area contributed by atoms with Crippen LogP contribution in [0.5, 0.6) is 0 Å². The van der Waals surface area contributed by atoms with Gasteiger partial charge >= 0.3 is 0 Å². The van der Waals surface area contributed by atoms with Gasteiger partial charge in [-0.3, -0.25) is 0 Å². The highest BCUT2D eigenvalue weighted by Crippen LogP contribution is 2.33. The minimum absolute atomic E-state index is 0.233. The largest absolute Gasteiger partial charge is 0.384 e. The summed E-state index contributed by atoms with van der Waals surface area (Å²) in [5, 5.41) is 3.41. The fraction of sp³-hybridized carbons (Fsp3) is 0.118. The molecule has 0 saturated carbocycles. The summed E-state index contributed by atoms with van der Waals surface area (Å²) in [6, 6.07) is 12.7. The lowest BCUT2D eigenvalue weighted by molar-refractivity contribution is 0.628. The van der Waals surface area contributed by atoms with Crippen molar-refractivity contribution in [2.24, 2.45) is 0 Å². The highest BCUT2D eigenvalue weighted by molar-refractivity contribution is 5.79. The fourth-order valence-electron chi connectivity index (χ4n) is 2.77. The number of halogens is 1. The molecule has 0 unspecified atom stereocenters. The second-order valence-corrected chi connectivity index (χ2v) is 5.17. The first-order valence-corrected chi connectivity index (χ1v) is 6.98. The van der Waals surface area contributed by atoms with Gasteiger partial charge in [0.1, 0.15) is 11.6 Å². The molecular formula is C17H14FN3. The van der Waals surface area contributed by atoms with Crippen LogP contribution in [0.1, 0.15) is 5.56 Å². The molecule has 2 heterocycles. The lowest BCUT2D eigenvalue weighted by Crippen LogP contribution is -1.94. The first-order chi connectivity index (χ1) is 10.3. The molecule has 2 N–H and O–H groups in total. The molecule has 0 amide bonds. The van der Waals surface area contributed by atoms with Crippen LogP contribution in [0.15, 0.2) is 48.7 Å². The van der Waals surface area contributed by atoms with Gasteiger partial charge in [0.2, 0.25) is 0 Å². The third-order valence-electron chi connectivity index (χ3n) is 3.83. The Kier molecular flexibility index (Phi) is 2.74. The van der Waals surface area contributed by atoms with Crippen molar-refractivity contribution in [3.8, 4) is 22.6 Å². The van der Waals surface area contributed by atoms with Gasteiger partial charge in [0.05, 0.1) is 11.9 Å². The number of aromatic amines is 1. The molecule has 1 aliphatic rings. The van der Waals surface area contributed by atoms with Crippen molar-refractivity contribution in [2.75, 3.05) is 11.9 Å². The Bertz CT molecular complexity index is 790. The van der Waals surface area contributed by atoms with E-state index >= 15 is 0 Å². The number of fused-ring (bicyclic) bond motifs is 1. The predicted octanol–water partition coefficient (Wildman–Crippen LogP) is 3.85. The minimum atomic E-state index is -0.233. The second kappa shape index (κ2) is 4.74. The molecule has 4 heteroatoms. The van der Waals surface area contributed by atoms with Crippen molar-refractivity contribution in [1.82, 2.24) is 9.97 Å². The van der Waals surface area contributed by atoms with E-state index in [1.165, 1.54) is 17.7 Å². The van der Waals surface area contributed by atoms with Crippen LogP contribution in [0, 0.1) is 5.82 Å². The van der Waals surface area contributed by atoms with Gasteiger partial charge in [0.25, 0.3) is 0 Å². The van der Waals surface area contributed by atoms with E-state index in [0.717, 1.165) is 41.3 Å². The van der Waals surface area contributed by atoms with Crippen molar-refractivity contribution in [1.29, 1.82) is 0 Å². The van der Waals surface area contributed by atoms with E-state index in [9.17, 15) is 4.39 Å². The quantitative estimate of drug-likeness (QED) is 0.748. The highest BCUT2D eigenvalue weighted by Gasteiger charge is 2.16. The average Bonchev–Trinajstić information content (AvgIpc) is 3.16. The first kappa shape index (κ1) is 12.1. The van der Waals surface area contributed by atoms with Crippen LogP contribution < -0.4 is 5.32 Å². The molecule has 0 fully saturated rings. The van der Waals surface area contributed by atoms with Gasteiger partial charge in [0, 0.05) is 17.8 Å². The van der Waals surface area contributed by atoms with Crippen LogP contribution in [-0.2, 0) is 6.42 Å². The fourth-order valence-corrected chi connectivity index (χ4v) is 2.77. The van der Waals surface area contributed by atoms with E-state index in [-0.39, 0.29) is 5.82 Å². The van der Waals surface area contributed by atoms with Crippen LogP contribution in [0.4, 0.5) is 10.1 Å². The summed E-state index contributed by atoms with van der Waals surface area (Å²) in [4.78, 5) is 7.79. The number of imidazole rings is 1. The monoisotopic (exact) mass is 279 g/mol. The maximum atomic E-state index is 13.0. The molecule has 4 rings (SSSR count). The number of aromatic nitrogens is 2. The van der Waals surface area contributed by atoms with Crippen molar-refractivity contribution < 1.29 is 4.39 Å². The Labute approximate surface area is 121 Å². The van der Waals surface area contributed by atoms with Crippen LogP contribution in [0.2, 0.25) is 0 Å². The molecule has 0 spiro atoms. The molecule has 1 aliphatic heterocycles. The van der Waals surface area contributed by atoms with Gasteiger partial charge in [-0.05, 0) is 47.9 Å². The van der Waals surface area contributed by atoms with E-state index in [1.807, 2.05) is 0 Å². The number of hydrogen-bond acceptors (Lipinski definition) is 2. The Morgan fingerprint density at radius 3 is 2.76 bits per heavy atom. The Hall–Kier alpha value is -2.62. The molecule has 1 aromatic heterocycles. The Balaban J connectivity index is 1.75. The van der Waals surface area contributed by atoms with Crippen LogP contribution in [0.25, 0.3) is 22.6 Å². The topological polar surface area (TPSA) is 40.7 Å². The zero-order valence-corrected chi connectivity index (χ0v) is 11.4. The summed E-state index contributed by atoms with van der Waals surface area (Å²) in [5.41, 5.74) is 5.39. The van der Waals surface area contributed by atoms with Gasteiger partial charge in [0.15, 0.2) is 0 Å². The van der Waals surface area contributed by atoms with Crippen LogP contribution >= 0.6 is 0 Å². The number of benzene rings is 2. The minimum Gasteiger partial charge on any atom is -0.384 e. The van der Waals surface area contributed by atoms with Crippen molar-refractivity contribution in [3.63, 3.8) is 0 Å². The van der Waals surface area contributed by atoms with Crippen molar-refractivity contribution in [3.05, 3.63) is 60.0 Å². The zero-order chi connectivity index (χ0) is 14.2. The predicted molar refractivity (Wildman–Crippen MR) is 81.6 cm³/mol. The van der Waals surface area contributed by atoms with E-state index in [2.05, 4.69) is 33.5 Å². The standard InChI is InChI=1S/C17H14FN3/c18-13-6-4-11(5-7-13)15-10-20-17(21-15)14-3-1-2-12-8-9-19-16(12)14/h1-7,10,19H,8-9H2,(H,20,21). The molecule has 0 aliphatic carbocycles. The van der Waals surface area contributed by atoms with Gasteiger partial charge < -0.3 is 10.3 Å². The van der Waals surface area contributed by atoms with Gasteiger partial charge in [-0.25, -0.2) is 9.37 Å². The summed E-state index contributed by atoms with van der Waals surface area (Å²) < 4.78 is 13.0. The molecule has 104 valence electrons. The molecular weight excluding hydrogens is 265 g/mol. The van der Waals surface area contributed by atoms with Crippen molar-refractivity contribution in [2.45, 2.75) is 6.42 Å². The number of H-pyrrole nitrogens is 1. The smallest absolute Gasteiger partial charge is 0.139 e.